The van der Waals surface area contributed by atoms with Crippen LogP contribution in [0.2, 0.25) is 10.0 Å². The molecule has 1 aliphatic rings. The number of anilines is 1. The minimum Gasteiger partial charge on any atom is -0.334 e. The number of carbonyl (C=O) groups excluding carboxylic acids is 2. The number of amides is 3. The molecule has 0 atom stereocenters. The third-order valence-electron chi connectivity index (χ3n) is 5.00. The van der Waals surface area contributed by atoms with Crippen molar-refractivity contribution in [2.24, 2.45) is 0 Å². The summed E-state index contributed by atoms with van der Waals surface area (Å²) in [6.45, 7) is 5.81. The average molecular weight is 449 g/mol. The highest BCUT2D eigenvalue weighted by Crippen LogP contribution is 2.21. The second kappa shape index (κ2) is 10.7. The Hall–Kier alpha value is -2.28. The average Bonchev–Trinajstić information content (AvgIpc) is 2.94. The van der Waals surface area contributed by atoms with E-state index in [9.17, 15) is 9.59 Å². The molecule has 2 N–H and O–H groups in total. The number of hydrogen-bond donors (Lipinski definition) is 2. The van der Waals surface area contributed by atoms with E-state index >= 15 is 0 Å². The van der Waals surface area contributed by atoms with Crippen LogP contribution >= 0.6 is 23.2 Å². The fraction of sp³-hybridized carbons (Fsp3) is 0.364. The lowest BCUT2D eigenvalue weighted by Gasteiger charge is -2.22. The van der Waals surface area contributed by atoms with Crippen LogP contribution in [0.25, 0.3) is 0 Å². The molecule has 2 aromatic rings. The summed E-state index contributed by atoms with van der Waals surface area (Å²) in [5.41, 5.74) is 2.82. The number of carbonyl (C=O) groups is 2. The Labute approximate surface area is 187 Å². The monoisotopic (exact) mass is 448 g/mol. The van der Waals surface area contributed by atoms with Crippen molar-refractivity contribution in [3.63, 3.8) is 0 Å². The summed E-state index contributed by atoms with van der Waals surface area (Å²) >= 11 is 12.1. The van der Waals surface area contributed by atoms with Gasteiger partial charge in [-0.1, -0.05) is 41.4 Å². The molecule has 0 radical (unpaired) electrons. The Morgan fingerprint density at radius 1 is 1.00 bits per heavy atom. The summed E-state index contributed by atoms with van der Waals surface area (Å²) in [6, 6.07) is 13.1. The summed E-state index contributed by atoms with van der Waals surface area (Å²) in [5.74, 6) is -0.0769. The zero-order chi connectivity index (χ0) is 21.5. The summed E-state index contributed by atoms with van der Waals surface area (Å²) in [5, 5.41) is 6.85. The van der Waals surface area contributed by atoms with Crippen LogP contribution in [0.5, 0.6) is 0 Å². The molecule has 0 bridgehead atoms. The summed E-state index contributed by atoms with van der Waals surface area (Å²) < 4.78 is 0. The molecule has 1 heterocycles. The van der Waals surface area contributed by atoms with Crippen molar-refractivity contribution >= 4 is 40.8 Å². The van der Waals surface area contributed by atoms with Gasteiger partial charge in [0.05, 0.1) is 0 Å². The second-order valence-electron chi connectivity index (χ2n) is 7.39. The van der Waals surface area contributed by atoms with E-state index in [1.807, 2.05) is 35.2 Å². The highest BCUT2D eigenvalue weighted by molar-refractivity contribution is 6.35. The van der Waals surface area contributed by atoms with Gasteiger partial charge in [-0.3, -0.25) is 9.69 Å². The predicted octanol–water partition coefficient (Wildman–Crippen LogP) is 4.37. The Kier molecular flexibility index (Phi) is 7.96. The lowest BCUT2D eigenvalue weighted by atomic mass is 10.2. The molecule has 3 rings (SSSR count). The van der Waals surface area contributed by atoms with Crippen molar-refractivity contribution in [2.45, 2.75) is 26.4 Å². The number of urea groups is 1. The van der Waals surface area contributed by atoms with Crippen molar-refractivity contribution in [3.8, 4) is 0 Å². The smallest absolute Gasteiger partial charge is 0.317 e. The van der Waals surface area contributed by atoms with Gasteiger partial charge in [-0.05, 0) is 41.8 Å². The van der Waals surface area contributed by atoms with Gasteiger partial charge in [0.25, 0.3) is 0 Å². The zero-order valence-corrected chi connectivity index (χ0v) is 18.5. The van der Waals surface area contributed by atoms with Gasteiger partial charge >= 0.3 is 6.03 Å². The van der Waals surface area contributed by atoms with E-state index in [4.69, 9.17) is 23.2 Å². The zero-order valence-electron chi connectivity index (χ0n) is 17.0. The highest BCUT2D eigenvalue weighted by atomic mass is 35.5. The van der Waals surface area contributed by atoms with Crippen LogP contribution in [0.15, 0.2) is 42.5 Å². The summed E-state index contributed by atoms with van der Waals surface area (Å²) in [4.78, 5) is 27.9. The van der Waals surface area contributed by atoms with Gasteiger partial charge in [0, 0.05) is 61.9 Å². The van der Waals surface area contributed by atoms with Crippen LogP contribution in [0.1, 0.15) is 24.5 Å². The molecular formula is C22H26Cl2N4O2. The molecule has 2 aromatic carbocycles. The molecule has 1 saturated heterocycles. The minimum absolute atomic E-state index is 0.0769. The molecular weight excluding hydrogens is 423 g/mol. The molecule has 3 amide bonds. The molecule has 0 aromatic heterocycles. The topological polar surface area (TPSA) is 64.7 Å². The number of halogens is 2. The van der Waals surface area contributed by atoms with Crippen molar-refractivity contribution in [2.75, 3.05) is 31.5 Å². The lowest BCUT2D eigenvalue weighted by Crippen LogP contribution is -2.41. The Balaban J connectivity index is 1.48. The van der Waals surface area contributed by atoms with Gasteiger partial charge in [0.1, 0.15) is 0 Å². The second-order valence-corrected chi connectivity index (χ2v) is 8.23. The van der Waals surface area contributed by atoms with E-state index < -0.39 is 0 Å². The first-order valence-corrected chi connectivity index (χ1v) is 10.7. The summed E-state index contributed by atoms with van der Waals surface area (Å²) in [6.07, 6.45) is 0.916. The standard InChI is InChI=1S/C22H26Cl2N4O2/c1-16(29)26-20-7-3-17(4-8-20)15-27-9-2-10-28(12-11-27)22(30)25-14-18-5-6-19(23)13-21(18)24/h3-8,13H,2,9-12,14-15H2,1H3,(H,25,30)(H,26,29). The molecule has 6 nitrogen and oxygen atoms in total. The van der Waals surface area contributed by atoms with E-state index in [2.05, 4.69) is 15.5 Å². The van der Waals surface area contributed by atoms with Crippen LogP contribution in [0.4, 0.5) is 10.5 Å². The summed E-state index contributed by atoms with van der Waals surface area (Å²) in [7, 11) is 0. The van der Waals surface area contributed by atoms with Crippen LogP contribution in [0, 0.1) is 0 Å². The number of benzene rings is 2. The fourth-order valence-corrected chi connectivity index (χ4v) is 3.91. The maximum atomic E-state index is 12.6. The first-order valence-electron chi connectivity index (χ1n) is 9.96. The largest absolute Gasteiger partial charge is 0.334 e. The van der Waals surface area contributed by atoms with E-state index in [1.165, 1.54) is 12.5 Å². The first-order chi connectivity index (χ1) is 14.4. The third-order valence-corrected chi connectivity index (χ3v) is 5.59. The molecule has 0 spiro atoms. The van der Waals surface area contributed by atoms with Crippen LogP contribution < -0.4 is 10.6 Å². The molecule has 1 fully saturated rings. The Morgan fingerprint density at radius 2 is 1.77 bits per heavy atom. The van der Waals surface area contributed by atoms with E-state index in [0.717, 1.165) is 43.9 Å². The van der Waals surface area contributed by atoms with Crippen LogP contribution in [0.3, 0.4) is 0 Å². The normalized spacial score (nSPS) is 14.8. The molecule has 30 heavy (non-hydrogen) atoms. The number of hydrogen-bond acceptors (Lipinski definition) is 3. The quantitative estimate of drug-likeness (QED) is 0.713. The number of rotatable bonds is 5. The minimum atomic E-state index is -0.0810. The number of nitrogens with zero attached hydrogens (tertiary/aromatic N) is 2. The molecule has 0 aliphatic carbocycles. The molecule has 1 aliphatic heterocycles. The van der Waals surface area contributed by atoms with Crippen molar-refractivity contribution < 1.29 is 9.59 Å². The maximum absolute atomic E-state index is 12.6. The van der Waals surface area contributed by atoms with E-state index in [-0.39, 0.29) is 11.9 Å². The molecule has 8 heteroatoms. The van der Waals surface area contributed by atoms with Gasteiger partial charge in [-0.15, -0.1) is 0 Å². The van der Waals surface area contributed by atoms with Gasteiger partial charge in [0.15, 0.2) is 0 Å². The van der Waals surface area contributed by atoms with Crippen LogP contribution in [-0.2, 0) is 17.9 Å². The van der Waals surface area contributed by atoms with E-state index in [1.54, 1.807) is 12.1 Å². The fourth-order valence-electron chi connectivity index (χ4n) is 3.43. The van der Waals surface area contributed by atoms with Gasteiger partial charge in [0.2, 0.25) is 5.91 Å². The van der Waals surface area contributed by atoms with Gasteiger partial charge < -0.3 is 15.5 Å². The third kappa shape index (κ3) is 6.62. The van der Waals surface area contributed by atoms with Crippen molar-refractivity contribution in [3.05, 3.63) is 63.6 Å². The van der Waals surface area contributed by atoms with E-state index in [0.29, 0.717) is 23.1 Å². The molecule has 0 saturated carbocycles. The highest BCUT2D eigenvalue weighted by Gasteiger charge is 2.19. The molecule has 0 unspecified atom stereocenters. The van der Waals surface area contributed by atoms with Crippen molar-refractivity contribution in [1.82, 2.24) is 15.1 Å². The predicted molar refractivity (Wildman–Crippen MR) is 121 cm³/mol. The Bertz CT molecular complexity index is 889. The van der Waals surface area contributed by atoms with Gasteiger partial charge in [-0.25, -0.2) is 4.79 Å². The molecule has 160 valence electrons. The number of nitrogens with one attached hydrogen (secondary N) is 2. The maximum Gasteiger partial charge on any atom is 0.317 e. The van der Waals surface area contributed by atoms with Crippen molar-refractivity contribution in [1.29, 1.82) is 0 Å². The van der Waals surface area contributed by atoms with Gasteiger partial charge in [-0.2, -0.15) is 0 Å². The first kappa shape index (κ1) is 22.4. The lowest BCUT2D eigenvalue weighted by molar-refractivity contribution is -0.114. The SMILES string of the molecule is CC(=O)Nc1ccc(CN2CCCN(C(=O)NCc3ccc(Cl)cc3Cl)CC2)cc1. The van der Waals surface area contributed by atoms with Crippen LogP contribution in [-0.4, -0.2) is 47.9 Å². The Morgan fingerprint density at radius 3 is 2.47 bits per heavy atom.